The van der Waals surface area contributed by atoms with Crippen molar-refractivity contribution in [2.45, 2.75) is 25.3 Å². The van der Waals surface area contributed by atoms with Gasteiger partial charge in [-0.3, -0.25) is 4.79 Å². The number of fused-ring (bicyclic) bond motifs is 1. The van der Waals surface area contributed by atoms with E-state index in [1.807, 2.05) is 18.2 Å². The molecule has 1 unspecified atom stereocenters. The third kappa shape index (κ3) is 2.89. The Labute approximate surface area is 107 Å². The van der Waals surface area contributed by atoms with Crippen LogP contribution in [-0.2, 0) is 17.6 Å². The SMILES string of the molecule is COCC(CO)NC(=O)c1ccc2c(c1)CCC2. The molecule has 0 aromatic heterocycles. The lowest BCUT2D eigenvalue weighted by Crippen LogP contribution is -2.40. The molecule has 0 radical (unpaired) electrons. The Bertz CT molecular complexity index is 431. The van der Waals surface area contributed by atoms with Crippen molar-refractivity contribution in [2.24, 2.45) is 0 Å². The quantitative estimate of drug-likeness (QED) is 0.815. The molecule has 0 spiro atoms. The van der Waals surface area contributed by atoms with Gasteiger partial charge in [0.05, 0.1) is 19.3 Å². The fraction of sp³-hybridized carbons (Fsp3) is 0.500. The Balaban J connectivity index is 2.04. The first kappa shape index (κ1) is 13.1. The summed E-state index contributed by atoms with van der Waals surface area (Å²) in [5.41, 5.74) is 3.28. The molecule has 1 aromatic rings. The number of hydrogen-bond donors (Lipinski definition) is 2. The van der Waals surface area contributed by atoms with Crippen molar-refractivity contribution < 1.29 is 14.6 Å². The largest absolute Gasteiger partial charge is 0.394 e. The number of aryl methyl sites for hydroxylation is 2. The maximum absolute atomic E-state index is 12.0. The number of rotatable bonds is 5. The van der Waals surface area contributed by atoms with Crippen molar-refractivity contribution in [3.63, 3.8) is 0 Å². The first-order chi connectivity index (χ1) is 8.74. The number of methoxy groups -OCH3 is 1. The lowest BCUT2D eigenvalue weighted by Gasteiger charge is -2.15. The number of ether oxygens (including phenoxy) is 1. The number of hydrogen-bond acceptors (Lipinski definition) is 3. The average molecular weight is 249 g/mol. The van der Waals surface area contributed by atoms with Crippen molar-refractivity contribution in [1.29, 1.82) is 0 Å². The molecule has 0 bridgehead atoms. The Hall–Kier alpha value is -1.39. The predicted molar refractivity (Wildman–Crippen MR) is 68.7 cm³/mol. The number of carbonyl (C=O) groups is 1. The molecule has 2 N–H and O–H groups in total. The summed E-state index contributed by atoms with van der Waals surface area (Å²) >= 11 is 0. The fourth-order valence-electron chi connectivity index (χ4n) is 2.32. The standard InChI is InChI=1S/C14H19NO3/c1-18-9-13(8-16)15-14(17)12-6-5-10-3-2-4-11(10)7-12/h5-7,13,16H,2-4,8-9H2,1H3,(H,15,17). The van der Waals surface area contributed by atoms with Crippen molar-refractivity contribution in [1.82, 2.24) is 5.32 Å². The number of carbonyl (C=O) groups excluding carboxylic acids is 1. The molecule has 1 aliphatic rings. The first-order valence-electron chi connectivity index (χ1n) is 6.27. The number of aliphatic hydroxyl groups excluding tert-OH is 1. The predicted octanol–water partition coefficient (Wildman–Crippen LogP) is 0.912. The molecule has 98 valence electrons. The Morgan fingerprint density at radius 3 is 2.94 bits per heavy atom. The third-order valence-electron chi connectivity index (χ3n) is 3.28. The van der Waals surface area contributed by atoms with Crippen molar-refractivity contribution in [3.8, 4) is 0 Å². The summed E-state index contributed by atoms with van der Waals surface area (Å²) < 4.78 is 4.93. The second kappa shape index (κ2) is 5.98. The van der Waals surface area contributed by atoms with Gasteiger partial charge in [-0.1, -0.05) is 6.07 Å². The van der Waals surface area contributed by atoms with Gasteiger partial charge in [0.1, 0.15) is 0 Å². The highest BCUT2D eigenvalue weighted by Gasteiger charge is 2.16. The lowest BCUT2D eigenvalue weighted by molar-refractivity contribution is 0.0839. The molecule has 18 heavy (non-hydrogen) atoms. The van der Waals surface area contributed by atoms with E-state index in [2.05, 4.69) is 5.32 Å². The van der Waals surface area contributed by atoms with Crippen molar-refractivity contribution in [3.05, 3.63) is 34.9 Å². The van der Waals surface area contributed by atoms with Gasteiger partial charge in [0, 0.05) is 12.7 Å². The number of benzene rings is 1. The Kier molecular flexibility index (Phi) is 4.33. The number of aliphatic hydroxyl groups is 1. The van der Waals surface area contributed by atoms with Crippen LogP contribution in [0.25, 0.3) is 0 Å². The van der Waals surface area contributed by atoms with E-state index in [-0.39, 0.29) is 18.6 Å². The molecule has 1 atom stereocenters. The third-order valence-corrected chi connectivity index (χ3v) is 3.28. The molecule has 2 rings (SSSR count). The molecule has 4 nitrogen and oxygen atoms in total. The van der Waals surface area contributed by atoms with E-state index in [1.165, 1.54) is 17.5 Å². The average Bonchev–Trinajstić information content (AvgIpc) is 2.85. The smallest absolute Gasteiger partial charge is 0.251 e. The van der Waals surface area contributed by atoms with Crippen LogP contribution >= 0.6 is 0 Å². The van der Waals surface area contributed by atoms with E-state index >= 15 is 0 Å². The van der Waals surface area contributed by atoms with Gasteiger partial charge in [-0.05, 0) is 42.5 Å². The van der Waals surface area contributed by atoms with E-state index in [0.717, 1.165) is 12.8 Å². The zero-order valence-electron chi connectivity index (χ0n) is 10.6. The summed E-state index contributed by atoms with van der Waals surface area (Å²) in [6.07, 6.45) is 3.33. The second-order valence-corrected chi connectivity index (χ2v) is 4.65. The van der Waals surface area contributed by atoms with E-state index in [4.69, 9.17) is 9.84 Å². The Morgan fingerprint density at radius 2 is 2.22 bits per heavy atom. The lowest BCUT2D eigenvalue weighted by atomic mass is 10.1. The summed E-state index contributed by atoms with van der Waals surface area (Å²) in [5, 5.41) is 11.9. The van der Waals surface area contributed by atoms with E-state index in [1.54, 1.807) is 7.11 Å². The van der Waals surface area contributed by atoms with Gasteiger partial charge >= 0.3 is 0 Å². The number of amides is 1. The molecule has 1 amide bonds. The van der Waals surface area contributed by atoms with Crippen LogP contribution in [-0.4, -0.2) is 37.4 Å². The molecule has 0 heterocycles. The topological polar surface area (TPSA) is 58.6 Å². The zero-order valence-corrected chi connectivity index (χ0v) is 10.6. The van der Waals surface area contributed by atoms with Gasteiger partial charge in [0.25, 0.3) is 5.91 Å². The maximum Gasteiger partial charge on any atom is 0.251 e. The monoisotopic (exact) mass is 249 g/mol. The molecule has 0 saturated carbocycles. The van der Waals surface area contributed by atoms with Crippen LogP contribution in [0.4, 0.5) is 0 Å². The zero-order chi connectivity index (χ0) is 13.0. The van der Waals surface area contributed by atoms with E-state index in [9.17, 15) is 4.79 Å². The Morgan fingerprint density at radius 1 is 1.44 bits per heavy atom. The molecular formula is C14H19NO3. The minimum Gasteiger partial charge on any atom is -0.394 e. The highest BCUT2D eigenvalue weighted by atomic mass is 16.5. The van der Waals surface area contributed by atoms with E-state index in [0.29, 0.717) is 12.2 Å². The summed E-state index contributed by atoms with van der Waals surface area (Å²) in [6.45, 7) is 0.192. The summed E-state index contributed by atoms with van der Waals surface area (Å²) in [7, 11) is 1.55. The van der Waals surface area contributed by atoms with Gasteiger partial charge in [-0.15, -0.1) is 0 Å². The molecule has 0 fully saturated rings. The fourth-order valence-corrected chi connectivity index (χ4v) is 2.32. The van der Waals surface area contributed by atoms with E-state index < -0.39 is 0 Å². The van der Waals surface area contributed by atoms with Crippen LogP contribution < -0.4 is 5.32 Å². The van der Waals surface area contributed by atoms with Crippen molar-refractivity contribution in [2.75, 3.05) is 20.3 Å². The van der Waals surface area contributed by atoms with Crippen molar-refractivity contribution >= 4 is 5.91 Å². The normalized spacial score (nSPS) is 15.2. The van der Waals surface area contributed by atoms with Gasteiger partial charge < -0.3 is 15.2 Å². The summed E-state index contributed by atoms with van der Waals surface area (Å²) in [4.78, 5) is 12.0. The molecular weight excluding hydrogens is 230 g/mol. The number of nitrogens with one attached hydrogen (secondary N) is 1. The molecule has 1 aliphatic carbocycles. The first-order valence-corrected chi connectivity index (χ1v) is 6.27. The van der Waals surface area contributed by atoms with Crippen LogP contribution in [0.1, 0.15) is 27.9 Å². The van der Waals surface area contributed by atoms with Crippen LogP contribution in [0.3, 0.4) is 0 Å². The maximum atomic E-state index is 12.0. The van der Waals surface area contributed by atoms with Gasteiger partial charge in [-0.2, -0.15) is 0 Å². The van der Waals surface area contributed by atoms with Gasteiger partial charge in [0.15, 0.2) is 0 Å². The molecule has 0 aliphatic heterocycles. The van der Waals surface area contributed by atoms with Gasteiger partial charge in [-0.25, -0.2) is 0 Å². The van der Waals surface area contributed by atoms with Crippen LogP contribution in [0.2, 0.25) is 0 Å². The highest BCUT2D eigenvalue weighted by Crippen LogP contribution is 2.22. The van der Waals surface area contributed by atoms with Crippen LogP contribution in [0.15, 0.2) is 18.2 Å². The summed E-state index contributed by atoms with van der Waals surface area (Å²) in [5.74, 6) is -0.152. The molecule has 4 heteroatoms. The molecule has 1 aromatic carbocycles. The highest BCUT2D eigenvalue weighted by molar-refractivity contribution is 5.94. The van der Waals surface area contributed by atoms with Gasteiger partial charge in [0.2, 0.25) is 0 Å². The second-order valence-electron chi connectivity index (χ2n) is 4.65. The van der Waals surface area contributed by atoms with Crippen LogP contribution in [0.5, 0.6) is 0 Å². The summed E-state index contributed by atoms with van der Waals surface area (Å²) in [6, 6.07) is 5.48. The molecule has 0 saturated heterocycles. The minimum atomic E-state index is -0.351. The minimum absolute atomic E-state index is 0.121. The van der Waals surface area contributed by atoms with Crippen LogP contribution in [0, 0.1) is 0 Å².